The fourth-order valence-corrected chi connectivity index (χ4v) is 2.88. The molecule has 0 aliphatic carbocycles. The van der Waals surface area contributed by atoms with Gasteiger partial charge in [-0.15, -0.1) is 0 Å². The van der Waals surface area contributed by atoms with Crippen LogP contribution in [0.2, 0.25) is 0 Å². The SMILES string of the molecule is NS(=O)(=O)c1ccc(NC[C@H]2CCCNC2)c([N+](=O)[O-])c1. The first-order valence-electron chi connectivity index (χ1n) is 6.64. The molecule has 0 saturated carbocycles. The number of nitro benzene ring substituents is 1. The lowest BCUT2D eigenvalue weighted by atomic mass is 10.00. The fraction of sp³-hybridized carbons (Fsp3) is 0.500. The van der Waals surface area contributed by atoms with Crippen molar-refractivity contribution in [3.8, 4) is 0 Å². The average Bonchev–Trinajstić information content (AvgIpc) is 2.45. The number of nitrogens with two attached hydrogens (primary N) is 1. The molecule has 9 heteroatoms. The van der Waals surface area contributed by atoms with Gasteiger partial charge in [0.15, 0.2) is 0 Å². The van der Waals surface area contributed by atoms with Crippen LogP contribution in [0.1, 0.15) is 12.8 Å². The Morgan fingerprint density at radius 1 is 1.48 bits per heavy atom. The molecule has 1 saturated heterocycles. The Labute approximate surface area is 122 Å². The number of nitrogens with one attached hydrogen (secondary N) is 2. The quantitative estimate of drug-likeness (QED) is 0.541. The van der Waals surface area contributed by atoms with Gasteiger partial charge in [-0.1, -0.05) is 0 Å². The summed E-state index contributed by atoms with van der Waals surface area (Å²) in [4.78, 5) is 10.2. The van der Waals surface area contributed by atoms with Gasteiger partial charge in [-0.3, -0.25) is 10.1 Å². The van der Waals surface area contributed by atoms with E-state index in [1.165, 1.54) is 12.1 Å². The third-order valence-corrected chi connectivity index (χ3v) is 4.39. The number of benzene rings is 1. The Morgan fingerprint density at radius 3 is 2.81 bits per heavy atom. The second-order valence-corrected chi connectivity index (χ2v) is 6.64. The topological polar surface area (TPSA) is 127 Å². The molecule has 1 aliphatic heterocycles. The van der Waals surface area contributed by atoms with Crippen LogP contribution < -0.4 is 15.8 Å². The van der Waals surface area contributed by atoms with E-state index in [1.54, 1.807) is 0 Å². The van der Waals surface area contributed by atoms with Crippen LogP contribution in [0.25, 0.3) is 0 Å². The number of sulfonamides is 1. The minimum atomic E-state index is -3.95. The maximum absolute atomic E-state index is 11.3. The van der Waals surface area contributed by atoms with Gasteiger partial charge < -0.3 is 10.6 Å². The molecule has 0 aromatic heterocycles. The van der Waals surface area contributed by atoms with Gasteiger partial charge in [-0.2, -0.15) is 0 Å². The van der Waals surface area contributed by atoms with Crippen molar-refractivity contribution in [3.63, 3.8) is 0 Å². The van der Waals surface area contributed by atoms with Crippen LogP contribution in [0.4, 0.5) is 11.4 Å². The zero-order valence-electron chi connectivity index (χ0n) is 11.4. The Kier molecular flexibility index (Phi) is 4.76. The van der Waals surface area contributed by atoms with Crippen LogP contribution in [0.15, 0.2) is 23.1 Å². The van der Waals surface area contributed by atoms with Gasteiger partial charge in [0.1, 0.15) is 5.69 Å². The summed E-state index contributed by atoms with van der Waals surface area (Å²) in [6, 6.07) is 3.63. The van der Waals surface area contributed by atoms with E-state index in [1.807, 2.05) is 0 Å². The highest BCUT2D eigenvalue weighted by molar-refractivity contribution is 7.89. The van der Waals surface area contributed by atoms with Gasteiger partial charge >= 0.3 is 0 Å². The van der Waals surface area contributed by atoms with Crippen molar-refractivity contribution in [1.29, 1.82) is 0 Å². The Balaban J connectivity index is 2.16. The van der Waals surface area contributed by atoms with Crippen molar-refractivity contribution in [2.45, 2.75) is 17.7 Å². The molecule has 1 fully saturated rings. The van der Waals surface area contributed by atoms with Crippen molar-refractivity contribution >= 4 is 21.4 Å². The van der Waals surface area contributed by atoms with Crippen molar-refractivity contribution < 1.29 is 13.3 Å². The van der Waals surface area contributed by atoms with E-state index in [0.29, 0.717) is 18.2 Å². The fourth-order valence-electron chi connectivity index (χ4n) is 2.34. The van der Waals surface area contributed by atoms with Crippen LogP contribution in [-0.4, -0.2) is 33.0 Å². The predicted molar refractivity (Wildman–Crippen MR) is 78.6 cm³/mol. The number of nitro groups is 1. The lowest BCUT2D eigenvalue weighted by Gasteiger charge is -2.23. The summed E-state index contributed by atoms with van der Waals surface area (Å²) < 4.78 is 22.5. The summed E-state index contributed by atoms with van der Waals surface area (Å²) in [6.45, 7) is 2.47. The third-order valence-electron chi connectivity index (χ3n) is 3.47. The van der Waals surface area contributed by atoms with E-state index in [4.69, 9.17) is 5.14 Å². The molecule has 1 aliphatic rings. The number of hydrogen-bond acceptors (Lipinski definition) is 6. The molecular weight excluding hydrogens is 296 g/mol. The maximum Gasteiger partial charge on any atom is 0.293 e. The first-order chi connectivity index (χ1) is 9.88. The lowest BCUT2D eigenvalue weighted by Crippen LogP contribution is -2.33. The number of primary sulfonamides is 1. The van der Waals surface area contributed by atoms with Crippen LogP contribution in [-0.2, 0) is 10.0 Å². The van der Waals surface area contributed by atoms with E-state index < -0.39 is 14.9 Å². The Bertz CT molecular complexity index is 626. The third kappa shape index (κ3) is 4.13. The van der Waals surface area contributed by atoms with E-state index in [2.05, 4.69) is 10.6 Å². The number of nitrogens with zero attached hydrogens (tertiary/aromatic N) is 1. The monoisotopic (exact) mass is 314 g/mol. The molecule has 1 aromatic carbocycles. The van der Waals surface area contributed by atoms with Crippen LogP contribution >= 0.6 is 0 Å². The summed E-state index contributed by atoms with van der Waals surface area (Å²) >= 11 is 0. The second-order valence-electron chi connectivity index (χ2n) is 5.07. The van der Waals surface area contributed by atoms with Crippen molar-refractivity contribution in [2.75, 3.05) is 25.0 Å². The molecule has 0 unspecified atom stereocenters. The number of piperidine rings is 1. The van der Waals surface area contributed by atoms with Crippen molar-refractivity contribution in [2.24, 2.45) is 11.1 Å². The van der Waals surface area contributed by atoms with Crippen LogP contribution in [0.3, 0.4) is 0 Å². The van der Waals surface area contributed by atoms with Crippen molar-refractivity contribution in [1.82, 2.24) is 5.32 Å². The molecule has 1 aromatic rings. The van der Waals surface area contributed by atoms with Gasteiger partial charge in [0.05, 0.1) is 9.82 Å². The molecule has 1 atom stereocenters. The molecule has 116 valence electrons. The summed E-state index contributed by atoms with van der Waals surface area (Å²) in [5.41, 5.74) is 0.0169. The van der Waals surface area contributed by atoms with Crippen LogP contribution in [0.5, 0.6) is 0 Å². The maximum atomic E-state index is 11.3. The number of anilines is 1. The average molecular weight is 314 g/mol. The lowest BCUT2D eigenvalue weighted by molar-refractivity contribution is -0.384. The molecule has 4 N–H and O–H groups in total. The van der Waals surface area contributed by atoms with Crippen molar-refractivity contribution in [3.05, 3.63) is 28.3 Å². The molecule has 0 bridgehead atoms. The van der Waals surface area contributed by atoms with E-state index in [0.717, 1.165) is 32.0 Å². The zero-order valence-corrected chi connectivity index (χ0v) is 12.2. The molecule has 8 nitrogen and oxygen atoms in total. The van der Waals surface area contributed by atoms with E-state index in [9.17, 15) is 18.5 Å². The highest BCUT2D eigenvalue weighted by atomic mass is 32.2. The Hall–Kier alpha value is -1.71. The minimum absolute atomic E-state index is 0.265. The normalized spacial score (nSPS) is 19.2. The largest absolute Gasteiger partial charge is 0.379 e. The molecule has 21 heavy (non-hydrogen) atoms. The summed E-state index contributed by atoms with van der Waals surface area (Å²) in [5.74, 6) is 0.399. The zero-order chi connectivity index (χ0) is 15.5. The highest BCUT2D eigenvalue weighted by Crippen LogP contribution is 2.27. The van der Waals surface area contributed by atoms with Crippen LogP contribution in [0, 0.1) is 16.0 Å². The molecule has 0 amide bonds. The first-order valence-corrected chi connectivity index (χ1v) is 8.18. The van der Waals surface area contributed by atoms with Gasteiger partial charge in [0, 0.05) is 12.6 Å². The molecule has 0 radical (unpaired) electrons. The summed E-state index contributed by atoms with van der Waals surface area (Å²) in [7, 11) is -3.95. The predicted octanol–water partition coefficient (Wildman–Crippen LogP) is 0.654. The van der Waals surface area contributed by atoms with Gasteiger partial charge in [0.25, 0.3) is 5.69 Å². The number of hydrogen-bond donors (Lipinski definition) is 3. The van der Waals surface area contributed by atoms with E-state index >= 15 is 0 Å². The summed E-state index contributed by atoms with van der Waals surface area (Å²) in [6.07, 6.45) is 2.14. The number of rotatable bonds is 5. The van der Waals surface area contributed by atoms with Gasteiger partial charge in [-0.05, 0) is 44.0 Å². The molecule has 1 heterocycles. The summed E-state index contributed by atoms with van der Waals surface area (Å²) in [5, 5.41) is 22.4. The van der Waals surface area contributed by atoms with Gasteiger partial charge in [-0.25, -0.2) is 13.6 Å². The standard InChI is InChI=1S/C12H18N4O4S/c13-21(19,20)10-3-4-11(12(6-10)16(17)18)15-8-9-2-1-5-14-7-9/h3-4,6,9,14-15H,1-2,5,7-8H2,(H2,13,19,20)/t9-/m0/s1. The Morgan fingerprint density at radius 2 is 2.24 bits per heavy atom. The molecular formula is C12H18N4O4S. The van der Waals surface area contributed by atoms with E-state index in [-0.39, 0.29) is 10.6 Å². The highest BCUT2D eigenvalue weighted by Gasteiger charge is 2.20. The second kappa shape index (κ2) is 6.37. The van der Waals surface area contributed by atoms with Gasteiger partial charge in [0.2, 0.25) is 10.0 Å². The minimum Gasteiger partial charge on any atom is -0.379 e. The smallest absolute Gasteiger partial charge is 0.293 e. The first kappa shape index (κ1) is 15.7. The molecule has 2 rings (SSSR count). The molecule has 0 spiro atoms.